The number of thiophene rings is 2. The summed E-state index contributed by atoms with van der Waals surface area (Å²) in [5.41, 5.74) is 6.64. The quantitative estimate of drug-likeness (QED) is 0.0260. The van der Waals surface area contributed by atoms with Gasteiger partial charge < -0.3 is 33.5 Å². The van der Waals surface area contributed by atoms with Crippen LogP contribution in [0.1, 0.15) is 135 Å². The number of nitriles is 1. The standard InChI is InChI=1S/C60H71N3O6S2/c1-5-9-13-17-35-66-49-29-25-47(26-30-49)62(48-27-31-50(32-28-48)67-36-18-14-10-6-2)46-23-21-44(22-24-46)57-42-55-59(71-57)58-54(41-52(70-58)39-45(43-61)60(64)65)63(55)53-34-33-51(68-37-19-15-11-7-3)40-56(53)69-38-20-16-12-8-4/h21-34,39-42H,5-20,35-38H2,1-4H3,(H,64,65)/b45-39-. The number of benzene rings is 4. The highest BCUT2D eigenvalue weighted by molar-refractivity contribution is 7.29. The molecule has 0 saturated heterocycles. The van der Waals surface area contributed by atoms with Gasteiger partial charge in [-0.1, -0.05) is 117 Å². The molecule has 0 spiro atoms. The first kappa shape index (κ1) is 52.6. The molecule has 0 fully saturated rings. The molecule has 0 bridgehead atoms. The number of nitrogens with zero attached hydrogens (tertiary/aromatic N) is 3. The van der Waals surface area contributed by atoms with Gasteiger partial charge in [0.05, 0.1) is 52.5 Å². The van der Waals surface area contributed by atoms with Crippen LogP contribution in [-0.4, -0.2) is 42.1 Å². The molecule has 3 aromatic heterocycles. The van der Waals surface area contributed by atoms with Crippen LogP contribution in [0, 0.1) is 11.3 Å². The van der Waals surface area contributed by atoms with Crippen molar-refractivity contribution in [2.45, 2.75) is 130 Å². The smallest absolute Gasteiger partial charge is 0.346 e. The number of hydrogen-bond acceptors (Lipinski definition) is 9. The fourth-order valence-electron chi connectivity index (χ4n) is 8.68. The zero-order valence-electron chi connectivity index (χ0n) is 42.2. The third kappa shape index (κ3) is 14.2. The molecule has 0 atom stereocenters. The normalized spacial score (nSPS) is 11.6. The molecule has 0 aliphatic rings. The molecule has 0 aliphatic carbocycles. The number of anilines is 3. The van der Waals surface area contributed by atoms with Gasteiger partial charge in [-0.15, -0.1) is 22.7 Å². The summed E-state index contributed by atoms with van der Waals surface area (Å²) in [5.74, 6) is 1.98. The number of carboxylic acid groups (broad SMARTS) is 1. The third-order valence-corrected chi connectivity index (χ3v) is 15.0. The second kappa shape index (κ2) is 27.4. The second-order valence-corrected chi connectivity index (χ2v) is 20.3. The first-order valence-electron chi connectivity index (χ1n) is 26.0. The van der Waals surface area contributed by atoms with Gasteiger partial charge in [0.15, 0.2) is 0 Å². The number of aromatic nitrogens is 1. The van der Waals surface area contributed by atoms with Gasteiger partial charge in [-0.25, -0.2) is 4.79 Å². The van der Waals surface area contributed by atoms with E-state index in [0.29, 0.717) is 31.3 Å². The van der Waals surface area contributed by atoms with Crippen molar-refractivity contribution >= 4 is 72.2 Å². The number of rotatable bonds is 31. The maximum absolute atomic E-state index is 12.0. The predicted octanol–water partition coefficient (Wildman–Crippen LogP) is 17.9. The summed E-state index contributed by atoms with van der Waals surface area (Å²) in [6.07, 6.45) is 19.6. The fraction of sp³-hybridized carbons (Fsp3) is 0.400. The summed E-state index contributed by atoms with van der Waals surface area (Å²) in [6, 6.07) is 37.6. The van der Waals surface area contributed by atoms with E-state index in [2.05, 4.69) is 122 Å². The van der Waals surface area contributed by atoms with Crippen LogP contribution in [0.5, 0.6) is 23.0 Å². The van der Waals surface area contributed by atoms with E-state index in [9.17, 15) is 15.2 Å². The van der Waals surface area contributed by atoms with Gasteiger partial charge in [0, 0.05) is 32.9 Å². The Morgan fingerprint density at radius 2 is 1.01 bits per heavy atom. The monoisotopic (exact) mass is 993 g/mol. The molecular formula is C60H71N3O6S2. The van der Waals surface area contributed by atoms with Gasteiger partial charge in [-0.2, -0.15) is 5.26 Å². The van der Waals surface area contributed by atoms with Crippen LogP contribution in [0.15, 0.2) is 109 Å². The Morgan fingerprint density at radius 3 is 1.51 bits per heavy atom. The second-order valence-electron chi connectivity index (χ2n) is 18.1. The summed E-state index contributed by atoms with van der Waals surface area (Å²) in [7, 11) is 0. The van der Waals surface area contributed by atoms with Crippen LogP contribution in [0.4, 0.5) is 17.1 Å². The van der Waals surface area contributed by atoms with E-state index in [1.165, 1.54) is 68.8 Å². The molecule has 3 heterocycles. The molecule has 0 aliphatic heterocycles. The maximum Gasteiger partial charge on any atom is 0.346 e. The highest BCUT2D eigenvalue weighted by Gasteiger charge is 2.23. The molecule has 11 heteroatoms. The van der Waals surface area contributed by atoms with E-state index in [1.54, 1.807) is 11.3 Å². The lowest BCUT2D eigenvalue weighted by molar-refractivity contribution is -0.132. The molecule has 71 heavy (non-hydrogen) atoms. The number of fused-ring (bicyclic) bond motifs is 3. The Kier molecular flexibility index (Phi) is 20.3. The van der Waals surface area contributed by atoms with Crippen molar-refractivity contribution in [2.24, 2.45) is 0 Å². The summed E-state index contributed by atoms with van der Waals surface area (Å²) in [4.78, 5) is 16.0. The first-order valence-corrected chi connectivity index (χ1v) is 27.7. The first-order chi connectivity index (χ1) is 34.8. The van der Waals surface area contributed by atoms with Crippen LogP contribution in [-0.2, 0) is 4.79 Å². The highest BCUT2D eigenvalue weighted by atomic mass is 32.1. The number of unbranched alkanes of at least 4 members (excludes halogenated alkanes) is 12. The Bertz CT molecular complexity index is 2760. The Balaban J connectivity index is 1.25. The van der Waals surface area contributed by atoms with Gasteiger partial charge in [0.2, 0.25) is 0 Å². The minimum absolute atomic E-state index is 0.307. The zero-order valence-corrected chi connectivity index (χ0v) is 43.8. The molecule has 0 unspecified atom stereocenters. The van der Waals surface area contributed by atoms with Gasteiger partial charge in [0.1, 0.15) is 34.6 Å². The number of carbonyl (C=O) groups is 1. The van der Waals surface area contributed by atoms with Crippen molar-refractivity contribution in [3.8, 4) is 45.2 Å². The summed E-state index contributed by atoms with van der Waals surface area (Å²) in [6.45, 7) is 11.5. The molecule has 4 aromatic carbocycles. The summed E-state index contributed by atoms with van der Waals surface area (Å²) in [5, 5.41) is 19.5. The number of aliphatic carboxylic acids is 1. The summed E-state index contributed by atoms with van der Waals surface area (Å²) >= 11 is 3.20. The molecule has 9 nitrogen and oxygen atoms in total. The molecule has 0 saturated carbocycles. The minimum atomic E-state index is -1.25. The fourth-order valence-corrected chi connectivity index (χ4v) is 11.1. The zero-order chi connectivity index (χ0) is 49.8. The SMILES string of the molecule is CCCCCCOc1ccc(N(c2ccc(OCCCCCC)cc2)c2ccc(-c3cc4c(s3)c3sc(/C=C(/C#N)C(=O)O)cc3n4-c3ccc(OCCCCCC)cc3OCCCCCC)cc2)cc1. The third-order valence-electron chi connectivity index (χ3n) is 12.6. The van der Waals surface area contributed by atoms with E-state index in [4.69, 9.17) is 18.9 Å². The number of ether oxygens (including phenoxy) is 4. The van der Waals surface area contributed by atoms with Crippen LogP contribution in [0.3, 0.4) is 0 Å². The Morgan fingerprint density at radius 1 is 0.563 bits per heavy atom. The van der Waals surface area contributed by atoms with E-state index in [1.807, 2.05) is 24.3 Å². The molecular weight excluding hydrogens is 923 g/mol. The molecule has 1 N–H and O–H groups in total. The lowest BCUT2D eigenvalue weighted by Gasteiger charge is -2.26. The molecule has 7 aromatic rings. The van der Waals surface area contributed by atoms with Crippen LogP contribution >= 0.6 is 22.7 Å². The van der Waals surface area contributed by atoms with E-state index < -0.39 is 5.97 Å². The van der Waals surface area contributed by atoms with Crippen molar-refractivity contribution in [1.82, 2.24) is 4.57 Å². The summed E-state index contributed by atoms with van der Waals surface area (Å²) < 4.78 is 29.5. The van der Waals surface area contributed by atoms with Crippen LogP contribution in [0.25, 0.3) is 42.6 Å². The highest BCUT2D eigenvalue weighted by Crippen LogP contribution is 2.47. The largest absolute Gasteiger partial charge is 0.494 e. The Hall–Kier alpha value is -6.22. The molecule has 0 amide bonds. The van der Waals surface area contributed by atoms with Crippen molar-refractivity contribution < 1.29 is 28.8 Å². The lowest BCUT2D eigenvalue weighted by Crippen LogP contribution is -2.10. The predicted molar refractivity (Wildman–Crippen MR) is 296 cm³/mol. The van der Waals surface area contributed by atoms with Crippen molar-refractivity contribution in [2.75, 3.05) is 31.3 Å². The van der Waals surface area contributed by atoms with Crippen molar-refractivity contribution in [3.63, 3.8) is 0 Å². The van der Waals surface area contributed by atoms with Gasteiger partial charge in [-0.05, 0) is 122 Å². The molecule has 0 radical (unpaired) electrons. The van der Waals surface area contributed by atoms with Crippen molar-refractivity contribution in [3.05, 3.63) is 114 Å². The van der Waals surface area contributed by atoms with Gasteiger partial charge >= 0.3 is 5.97 Å². The lowest BCUT2D eigenvalue weighted by atomic mass is 10.1. The van der Waals surface area contributed by atoms with Crippen molar-refractivity contribution in [1.29, 1.82) is 5.26 Å². The van der Waals surface area contributed by atoms with Gasteiger partial charge in [-0.3, -0.25) is 0 Å². The maximum atomic E-state index is 12.0. The molecule has 7 rings (SSSR count). The van der Waals surface area contributed by atoms with Crippen LogP contribution in [0.2, 0.25) is 0 Å². The van der Waals surface area contributed by atoms with Gasteiger partial charge in [0.25, 0.3) is 0 Å². The van der Waals surface area contributed by atoms with Crippen LogP contribution < -0.4 is 23.8 Å². The number of carboxylic acids is 1. The van der Waals surface area contributed by atoms with E-state index in [0.717, 1.165) is 128 Å². The minimum Gasteiger partial charge on any atom is -0.494 e. The average molecular weight is 994 g/mol. The van der Waals surface area contributed by atoms with E-state index >= 15 is 0 Å². The topological polar surface area (TPSA) is 106 Å². The number of hydrogen-bond donors (Lipinski definition) is 1. The van der Waals surface area contributed by atoms with E-state index in [-0.39, 0.29) is 5.57 Å². The average Bonchev–Trinajstić information content (AvgIpc) is 4.08. The Labute approximate surface area is 429 Å². The molecule has 374 valence electrons.